The molecule has 2 aromatic rings. The topological polar surface area (TPSA) is 60.6 Å². The molecule has 4 bridgehead atoms. The van der Waals surface area contributed by atoms with Crippen LogP contribution in [0.4, 0.5) is 0 Å². The van der Waals surface area contributed by atoms with E-state index in [1.807, 2.05) is 17.1 Å². The van der Waals surface area contributed by atoms with Crippen LogP contribution in [0.2, 0.25) is 0 Å². The Morgan fingerprint density at radius 2 is 2.12 bits per heavy atom. The fourth-order valence-corrected chi connectivity index (χ4v) is 6.38. The molecule has 0 saturated heterocycles. The van der Waals surface area contributed by atoms with E-state index in [1.54, 1.807) is 6.33 Å². The second kappa shape index (κ2) is 5.78. The third-order valence-electron chi connectivity index (χ3n) is 6.95. The van der Waals surface area contributed by atoms with E-state index in [9.17, 15) is 0 Å². The molecule has 2 aromatic heterocycles. The fourth-order valence-electron chi connectivity index (χ4n) is 6.38. The second-order valence-corrected chi connectivity index (χ2v) is 8.91. The summed E-state index contributed by atoms with van der Waals surface area (Å²) in [7, 11) is 0. The van der Waals surface area contributed by atoms with E-state index in [1.165, 1.54) is 44.1 Å². The monoisotopic (exact) mass is 352 g/mol. The lowest BCUT2D eigenvalue weighted by atomic mass is 9.50. The fraction of sp³-hybridized carbons (Fsp3) is 0.650. The maximum atomic E-state index is 4.60. The van der Waals surface area contributed by atoms with Crippen molar-refractivity contribution in [2.75, 3.05) is 0 Å². The lowest BCUT2D eigenvalue weighted by Crippen LogP contribution is -2.64. The molecule has 6 nitrogen and oxygen atoms in total. The molecule has 0 amide bonds. The molecule has 6 rings (SSSR count). The Labute approximate surface area is 154 Å². The summed E-state index contributed by atoms with van der Waals surface area (Å²) in [6.07, 6.45) is 15.4. The average Bonchev–Trinajstić information content (AvgIpc) is 3.23. The van der Waals surface area contributed by atoms with Crippen molar-refractivity contribution in [1.29, 1.82) is 0 Å². The van der Waals surface area contributed by atoms with Crippen molar-refractivity contribution < 1.29 is 0 Å². The number of aromatic nitrogens is 5. The van der Waals surface area contributed by atoms with Crippen LogP contribution >= 0.6 is 0 Å². The molecular weight excluding hydrogens is 324 g/mol. The van der Waals surface area contributed by atoms with Crippen molar-refractivity contribution in [3.8, 4) is 0 Å². The number of nitrogens with zero attached hydrogens (tertiary/aromatic N) is 5. The lowest BCUT2D eigenvalue weighted by molar-refractivity contribution is -0.0788. The number of nitrogens with one attached hydrogen (secondary N) is 1. The first kappa shape index (κ1) is 16.2. The van der Waals surface area contributed by atoms with Gasteiger partial charge in [0.25, 0.3) is 0 Å². The molecule has 138 valence electrons. The Morgan fingerprint density at radius 3 is 2.81 bits per heavy atom. The summed E-state index contributed by atoms with van der Waals surface area (Å²) in [6, 6.07) is 0. The number of hydrogen-bond acceptors (Lipinski definition) is 4. The van der Waals surface area contributed by atoms with Crippen molar-refractivity contribution in [3.05, 3.63) is 42.8 Å². The number of hydrogen-bond donors (Lipinski definition) is 1. The van der Waals surface area contributed by atoms with Crippen LogP contribution in [-0.2, 0) is 18.6 Å². The van der Waals surface area contributed by atoms with Crippen LogP contribution in [0.5, 0.6) is 0 Å². The van der Waals surface area contributed by atoms with E-state index in [4.69, 9.17) is 0 Å². The summed E-state index contributed by atoms with van der Waals surface area (Å²) in [5.74, 6) is 1.63. The van der Waals surface area contributed by atoms with Crippen LogP contribution in [0, 0.1) is 18.8 Å². The van der Waals surface area contributed by atoms with Gasteiger partial charge in [-0.25, -0.2) is 9.67 Å². The maximum Gasteiger partial charge on any atom is 0.137 e. The third-order valence-corrected chi connectivity index (χ3v) is 6.95. The summed E-state index contributed by atoms with van der Waals surface area (Å²) in [5, 5.41) is 13.1. The first-order chi connectivity index (χ1) is 12.6. The van der Waals surface area contributed by atoms with Crippen molar-refractivity contribution in [2.24, 2.45) is 11.8 Å². The molecule has 4 saturated carbocycles. The van der Waals surface area contributed by atoms with Gasteiger partial charge in [0.2, 0.25) is 0 Å². The largest absolute Gasteiger partial charge is 0.307 e. The predicted octanol–water partition coefficient (Wildman–Crippen LogP) is 2.81. The minimum atomic E-state index is 0.176. The standard InChI is InChI=1S/C20H28N6/c1-3-4-25-11-18(15(2)24-25)10-22-19-6-16-5-17(7-19)9-20(8-16,12-19)26-14-21-13-23-26/h3,11,13-14,16-17,22H,1,4-10,12H2,2H3/t16-,17-,19?,20?/m1/s1. The SMILES string of the molecule is C=CCn1cc(CNC23C[C@H]4C[C@H](C2)CC(n2cncn2)(C4)C3)c(C)n1. The zero-order valence-corrected chi connectivity index (χ0v) is 15.6. The summed E-state index contributed by atoms with van der Waals surface area (Å²) >= 11 is 0. The first-order valence-corrected chi connectivity index (χ1v) is 9.84. The molecule has 4 fully saturated rings. The Bertz CT molecular complexity index is 790. The van der Waals surface area contributed by atoms with Gasteiger partial charge in [-0.05, 0) is 57.3 Å². The van der Waals surface area contributed by atoms with Gasteiger partial charge in [0.15, 0.2) is 0 Å². The molecule has 6 heteroatoms. The highest BCUT2D eigenvalue weighted by atomic mass is 15.4. The smallest absolute Gasteiger partial charge is 0.137 e. The predicted molar refractivity (Wildman–Crippen MR) is 99.4 cm³/mol. The quantitative estimate of drug-likeness (QED) is 0.812. The lowest BCUT2D eigenvalue weighted by Gasteiger charge is -2.62. The summed E-state index contributed by atoms with van der Waals surface area (Å²) < 4.78 is 4.16. The average molecular weight is 352 g/mol. The van der Waals surface area contributed by atoms with E-state index in [2.05, 4.69) is 44.9 Å². The third kappa shape index (κ3) is 2.54. The van der Waals surface area contributed by atoms with Gasteiger partial charge < -0.3 is 5.32 Å². The Kier molecular flexibility index (Phi) is 3.61. The van der Waals surface area contributed by atoms with Gasteiger partial charge >= 0.3 is 0 Å². The van der Waals surface area contributed by atoms with Crippen LogP contribution in [0.25, 0.3) is 0 Å². The van der Waals surface area contributed by atoms with Crippen LogP contribution in [0.3, 0.4) is 0 Å². The molecule has 4 aliphatic carbocycles. The number of rotatable bonds is 6. The summed E-state index contributed by atoms with van der Waals surface area (Å²) in [6.45, 7) is 7.58. The molecule has 2 heterocycles. The van der Waals surface area contributed by atoms with E-state index in [0.29, 0.717) is 0 Å². The van der Waals surface area contributed by atoms with Gasteiger partial charge in [-0.2, -0.15) is 10.2 Å². The summed E-state index contributed by atoms with van der Waals surface area (Å²) in [4.78, 5) is 4.24. The van der Waals surface area contributed by atoms with Gasteiger partial charge in [-0.3, -0.25) is 4.68 Å². The minimum Gasteiger partial charge on any atom is -0.307 e. The van der Waals surface area contributed by atoms with E-state index >= 15 is 0 Å². The molecule has 4 aliphatic rings. The highest BCUT2D eigenvalue weighted by Gasteiger charge is 2.58. The van der Waals surface area contributed by atoms with Crippen molar-refractivity contribution in [3.63, 3.8) is 0 Å². The maximum absolute atomic E-state index is 4.60. The molecule has 1 N–H and O–H groups in total. The van der Waals surface area contributed by atoms with Crippen LogP contribution < -0.4 is 5.32 Å². The number of allylic oxidation sites excluding steroid dienone is 1. The molecule has 0 unspecified atom stereocenters. The van der Waals surface area contributed by atoms with Gasteiger partial charge in [0, 0.05) is 23.8 Å². The first-order valence-electron chi connectivity index (χ1n) is 9.84. The van der Waals surface area contributed by atoms with E-state index < -0.39 is 0 Å². The molecule has 26 heavy (non-hydrogen) atoms. The molecule has 0 radical (unpaired) electrons. The molecule has 0 aromatic carbocycles. The van der Waals surface area contributed by atoms with Gasteiger partial charge in [0.05, 0.1) is 17.8 Å². The zero-order valence-electron chi connectivity index (χ0n) is 15.6. The minimum absolute atomic E-state index is 0.176. The van der Waals surface area contributed by atoms with Crippen LogP contribution in [-0.4, -0.2) is 30.1 Å². The van der Waals surface area contributed by atoms with Crippen molar-refractivity contribution in [2.45, 2.75) is 69.6 Å². The zero-order chi connectivity index (χ0) is 17.8. The van der Waals surface area contributed by atoms with E-state index in [0.717, 1.165) is 30.6 Å². The van der Waals surface area contributed by atoms with Crippen LogP contribution in [0.15, 0.2) is 31.5 Å². The normalized spacial score (nSPS) is 35.1. The highest BCUT2D eigenvalue weighted by molar-refractivity contribution is 5.18. The van der Waals surface area contributed by atoms with Gasteiger partial charge in [0.1, 0.15) is 12.7 Å². The molecule has 0 aliphatic heterocycles. The molecular formula is C20H28N6. The Hall–Kier alpha value is -1.95. The van der Waals surface area contributed by atoms with Crippen LogP contribution in [0.1, 0.15) is 49.8 Å². The Balaban J connectivity index is 1.38. The van der Waals surface area contributed by atoms with Crippen molar-refractivity contribution in [1.82, 2.24) is 29.9 Å². The second-order valence-electron chi connectivity index (χ2n) is 8.91. The van der Waals surface area contributed by atoms with E-state index in [-0.39, 0.29) is 11.1 Å². The molecule has 2 atom stereocenters. The summed E-state index contributed by atoms with van der Waals surface area (Å²) in [5.41, 5.74) is 2.84. The number of aryl methyl sites for hydroxylation is 1. The van der Waals surface area contributed by atoms with Crippen molar-refractivity contribution >= 4 is 0 Å². The van der Waals surface area contributed by atoms with Gasteiger partial charge in [-0.15, -0.1) is 6.58 Å². The van der Waals surface area contributed by atoms with Gasteiger partial charge in [-0.1, -0.05) is 6.08 Å². The Morgan fingerprint density at radius 1 is 1.31 bits per heavy atom. The molecule has 0 spiro atoms. The highest BCUT2D eigenvalue weighted by Crippen LogP contribution is 2.60.